The Morgan fingerprint density at radius 2 is 1.82 bits per heavy atom. The zero-order valence-electron chi connectivity index (χ0n) is 19.2. The molecule has 0 aliphatic carbocycles. The van der Waals surface area contributed by atoms with Crippen molar-refractivity contribution in [2.24, 2.45) is 0 Å². The fraction of sp³-hybridized carbons (Fsp3) is 0.360. The number of fused-ring (bicyclic) bond motifs is 1. The third-order valence-electron chi connectivity index (χ3n) is 6.23. The molecule has 0 fully saturated rings. The average Bonchev–Trinajstić information content (AvgIpc) is 3.07. The number of aliphatic hydroxyl groups is 1. The standard InChI is InChI=1S/C25H26O9/c1-24(2)19(28)11-15-9-13(5-8-18(15)33-24)12-25(23(30)32-4)20(21(31-3)22(29)34-25)14-6-7-16(26)17(27)10-14/h5-10,19,26-28H,11-12H2,1-4H3. The lowest BCUT2D eigenvalue weighted by molar-refractivity contribution is -0.169. The highest BCUT2D eigenvalue weighted by Gasteiger charge is 2.56. The Kier molecular flexibility index (Phi) is 5.69. The highest BCUT2D eigenvalue weighted by atomic mass is 16.6. The number of phenolic OH excluding ortho intramolecular Hbond substituents is 2. The van der Waals surface area contributed by atoms with Crippen LogP contribution >= 0.6 is 0 Å². The number of phenols is 2. The molecule has 2 heterocycles. The predicted molar refractivity (Wildman–Crippen MR) is 119 cm³/mol. The van der Waals surface area contributed by atoms with Gasteiger partial charge in [-0.15, -0.1) is 0 Å². The summed E-state index contributed by atoms with van der Waals surface area (Å²) >= 11 is 0. The second-order valence-electron chi connectivity index (χ2n) is 8.86. The lowest BCUT2D eigenvalue weighted by Crippen LogP contribution is -2.46. The monoisotopic (exact) mass is 470 g/mol. The molecule has 0 aromatic heterocycles. The molecule has 2 aliphatic rings. The number of esters is 2. The van der Waals surface area contributed by atoms with E-state index in [9.17, 15) is 24.9 Å². The van der Waals surface area contributed by atoms with Crippen LogP contribution in [0.2, 0.25) is 0 Å². The molecule has 2 atom stereocenters. The van der Waals surface area contributed by atoms with Crippen LogP contribution in [0.3, 0.4) is 0 Å². The number of ether oxygens (including phenoxy) is 4. The molecule has 2 aromatic rings. The summed E-state index contributed by atoms with van der Waals surface area (Å²) in [6, 6.07) is 9.14. The number of rotatable bonds is 5. The Labute approximate surface area is 196 Å². The zero-order chi connectivity index (χ0) is 24.8. The number of hydrogen-bond donors (Lipinski definition) is 3. The van der Waals surface area contributed by atoms with E-state index in [-0.39, 0.29) is 29.1 Å². The Morgan fingerprint density at radius 3 is 2.47 bits per heavy atom. The van der Waals surface area contributed by atoms with Gasteiger partial charge < -0.3 is 34.3 Å². The van der Waals surface area contributed by atoms with Crippen molar-refractivity contribution < 1.29 is 43.9 Å². The predicted octanol–water partition coefficient (Wildman–Crippen LogP) is 2.24. The van der Waals surface area contributed by atoms with E-state index >= 15 is 0 Å². The SMILES string of the molecule is COC(=O)C1(Cc2ccc3c(c2)CC(O)C(C)(C)O3)OC(=O)C(OC)=C1c1ccc(O)c(O)c1. The first-order valence-corrected chi connectivity index (χ1v) is 10.6. The van der Waals surface area contributed by atoms with Gasteiger partial charge in [-0.2, -0.15) is 0 Å². The molecule has 34 heavy (non-hydrogen) atoms. The summed E-state index contributed by atoms with van der Waals surface area (Å²) in [5.74, 6) is -2.12. The molecule has 2 unspecified atom stereocenters. The van der Waals surface area contributed by atoms with Crippen molar-refractivity contribution in [3.05, 3.63) is 58.8 Å². The first kappa shape index (κ1) is 23.4. The van der Waals surface area contributed by atoms with Gasteiger partial charge >= 0.3 is 11.9 Å². The Balaban J connectivity index is 1.83. The molecule has 0 saturated carbocycles. The van der Waals surface area contributed by atoms with Crippen LogP contribution in [0.5, 0.6) is 17.2 Å². The summed E-state index contributed by atoms with van der Waals surface area (Å²) < 4.78 is 21.8. The largest absolute Gasteiger partial charge is 0.504 e. The van der Waals surface area contributed by atoms with E-state index in [0.717, 1.165) is 5.56 Å². The van der Waals surface area contributed by atoms with Crippen molar-refractivity contribution in [2.75, 3.05) is 14.2 Å². The Hall–Kier alpha value is -3.72. The number of methoxy groups -OCH3 is 2. The first-order chi connectivity index (χ1) is 16.0. The van der Waals surface area contributed by atoms with Crippen LogP contribution in [0.15, 0.2) is 42.2 Å². The van der Waals surface area contributed by atoms with E-state index in [1.807, 2.05) is 0 Å². The van der Waals surface area contributed by atoms with Gasteiger partial charge in [0.05, 0.1) is 25.9 Å². The van der Waals surface area contributed by atoms with Gasteiger partial charge in [0, 0.05) is 12.8 Å². The van der Waals surface area contributed by atoms with Crippen molar-refractivity contribution in [3.63, 3.8) is 0 Å². The molecule has 0 saturated heterocycles. The van der Waals surface area contributed by atoms with Gasteiger partial charge in [-0.3, -0.25) is 0 Å². The molecule has 2 aliphatic heterocycles. The van der Waals surface area contributed by atoms with Crippen LogP contribution in [0, 0.1) is 0 Å². The molecular weight excluding hydrogens is 444 g/mol. The molecule has 9 heteroatoms. The molecule has 4 rings (SSSR count). The third-order valence-corrected chi connectivity index (χ3v) is 6.23. The molecule has 0 bridgehead atoms. The Bertz CT molecular complexity index is 1200. The maximum atomic E-state index is 13.1. The van der Waals surface area contributed by atoms with Crippen LogP contribution in [0.25, 0.3) is 5.57 Å². The number of hydrogen-bond acceptors (Lipinski definition) is 9. The van der Waals surface area contributed by atoms with Crippen LogP contribution in [0.1, 0.15) is 30.5 Å². The highest BCUT2D eigenvalue weighted by Crippen LogP contribution is 2.45. The smallest absolute Gasteiger partial charge is 0.375 e. The van der Waals surface area contributed by atoms with Crippen molar-refractivity contribution in [3.8, 4) is 17.2 Å². The van der Waals surface area contributed by atoms with Crippen molar-refractivity contribution in [1.29, 1.82) is 0 Å². The maximum absolute atomic E-state index is 13.1. The third kappa shape index (κ3) is 3.71. The van der Waals surface area contributed by atoms with Crippen LogP contribution < -0.4 is 4.74 Å². The molecule has 2 aromatic carbocycles. The number of carbonyl (C=O) groups is 2. The molecule has 0 radical (unpaired) electrons. The van der Waals surface area contributed by atoms with Crippen LogP contribution in [0.4, 0.5) is 0 Å². The normalized spacial score (nSPS) is 23.1. The molecule has 0 amide bonds. The van der Waals surface area contributed by atoms with E-state index in [0.29, 0.717) is 17.7 Å². The summed E-state index contributed by atoms with van der Waals surface area (Å²) in [5, 5.41) is 30.2. The lowest BCUT2D eigenvalue weighted by Gasteiger charge is -2.37. The van der Waals surface area contributed by atoms with Gasteiger partial charge in [-0.1, -0.05) is 18.2 Å². The number of carbonyl (C=O) groups excluding carboxylic acids is 2. The van der Waals surface area contributed by atoms with Gasteiger partial charge in [-0.05, 0) is 48.7 Å². The molecule has 0 spiro atoms. The van der Waals surface area contributed by atoms with Gasteiger partial charge in [-0.25, -0.2) is 9.59 Å². The summed E-state index contributed by atoms with van der Waals surface area (Å²) in [6.45, 7) is 3.60. The van der Waals surface area contributed by atoms with Crippen molar-refractivity contribution in [1.82, 2.24) is 0 Å². The number of aromatic hydroxyl groups is 2. The number of aliphatic hydroxyl groups excluding tert-OH is 1. The van der Waals surface area contributed by atoms with Gasteiger partial charge in [0.25, 0.3) is 0 Å². The van der Waals surface area contributed by atoms with E-state index in [1.54, 1.807) is 32.0 Å². The van der Waals surface area contributed by atoms with Crippen LogP contribution in [-0.4, -0.2) is 58.8 Å². The van der Waals surface area contributed by atoms with E-state index in [4.69, 9.17) is 18.9 Å². The van der Waals surface area contributed by atoms with Crippen molar-refractivity contribution >= 4 is 17.5 Å². The topological polar surface area (TPSA) is 132 Å². The van der Waals surface area contributed by atoms with Gasteiger partial charge in [0.15, 0.2) is 11.5 Å². The van der Waals surface area contributed by atoms with E-state index in [2.05, 4.69) is 0 Å². The summed E-state index contributed by atoms with van der Waals surface area (Å²) in [5.41, 5.74) is -0.993. The van der Waals surface area contributed by atoms with E-state index in [1.165, 1.54) is 32.4 Å². The van der Waals surface area contributed by atoms with Gasteiger partial charge in [0.1, 0.15) is 11.4 Å². The molecular formula is C25H26O9. The molecule has 180 valence electrons. The number of benzene rings is 2. The fourth-order valence-corrected chi connectivity index (χ4v) is 4.37. The minimum Gasteiger partial charge on any atom is -0.504 e. The molecule has 3 N–H and O–H groups in total. The second kappa shape index (κ2) is 8.25. The van der Waals surface area contributed by atoms with Crippen molar-refractivity contribution in [2.45, 2.75) is 44.0 Å². The van der Waals surface area contributed by atoms with Crippen LogP contribution in [-0.2, 0) is 36.6 Å². The first-order valence-electron chi connectivity index (χ1n) is 10.6. The maximum Gasteiger partial charge on any atom is 0.375 e. The number of cyclic esters (lactones) is 1. The minimum atomic E-state index is -1.91. The fourth-order valence-electron chi connectivity index (χ4n) is 4.37. The average molecular weight is 470 g/mol. The molecule has 9 nitrogen and oxygen atoms in total. The summed E-state index contributed by atoms with van der Waals surface area (Å²) in [4.78, 5) is 25.9. The quantitative estimate of drug-likeness (QED) is 0.445. The van der Waals surface area contributed by atoms with E-state index < -0.39 is 35.0 Å². The highest BCUT2D eigenvalue weighted by molar-refractivity contribution is 6.11. The summed E-state index contributed by atoms with van der Waals surface area (Å²) in [6.07, 6.45) is -0.495. The lowest BCUT2D eigenvalue weighted by atomic mass is 9.82. The van der Waals surface area contributed by atoms with Gasteiger partial charge in [0.2, 0.25) is 11.4 Å². The zero-order valence-corrected chi connectivity index (χ0v) is 19.2. The second-order valence-corrected chi connectivity index (χ2v) is 8.86. The summed E-state index contributed by atoms with van der Waals surface area (Å²) in [7, 11) is 2.44. The minimum absolute atomic E-state index is 0.0669. The Morgan fingerprint density at radius 1 is 1.09 bits per heavy atom.